The summed E-state index contributed by atoms with van der Waals surface area (Å²) in [5.41, 5.74) is 0.277. The molecule has 6 heteroatoms. The van der Waals surface area contributed by atoms with Gasteiger partial charge in [0.2, 0.25) is 0 Å². The Bertz CT molecular complexity index is 744. The van der Waals surface area contributed by atoms with E-state index >= 15 is 0 Å². The monoisotopic (exact) mass is 274 g/mol. The van der Waals surface area contributed by atoms with Gasteiger partial charge in [0.15, 0.2) is 0 Å². The molecule has 0 aliphatic heterocycles. The lowest BCUT2D eigenvalue weighted by molar-refractivity contribution is -0.137. The zero-order valence-electron chi connectivity index (χ0n) is 10.9. The van der Waals surface area contributed by atoms with Crippen molar-refractivity contribution in [2.75, 3.05) is 0 Å². The number of hydrogen-bond donors (Lipinski definition) is 1. The predicted molar refractivity (Wildman–Crippen MR) is 72.8 cm³/mol. The molecule has 0 saturated heterocycles. The quantitative estimate of drug-likeness (QED) is 0.865. The molecule has 1 aromatic carbocycles. The lowest BCUT2D eigenvalue weighted by Gasteiger charge is -2.08. The zero-order chi connectivity index (χ0) is 14.7. The fourth-order valence-electron chi connectivity index (χ4n) is 1.99. The van der Waals surface area contributed by atoms with Crippen molar-refractivity contribution in [3.63, 3.8) is 0 Å². The van der Waals surface area contributed by atoms with Crippen molar-refractivity contribution in [2.45, 2.75) is 13.0 Å². The van der Waals surface area contributed by atoms with Crippen LogP contribution in [0.25, 0.3) is 0 Å². The maximum Gasteiger partial charge on any atom is 0.331 e. The molecule has 0 radical (unpaired) electrons. The molecule has 0 bridgehead atoms. The van der Waals surface area contributed by atoms with Crippen LogP contribution < -0.4 is 11.2 Å². The summed E-state index contributed by atoms with van der Waals surface area (Å²) in [6.07, 6.45) is 1.68. The molecule has 0 aliphatic carbocycles. The molecule has 104 valence electrons. The molecule has 0 fully saturated rings. The molecule has 1 heterocycles. The summed E-state index contributed by atoms with van der Waals surface area (Å²) in [5.74, 6) is -1.13. The predicted octanol–water partition coefficient (Wildman–Crippen LogP) is 0.222. The highest BCUT2D eigenvalue weighted by atomic mass is 16.4. The van der Waals surface area contributed by atoms with Crippen molar-refractivity contribution in [1.82, 2.24) is 9.13 Å². The fourth-order valence-corrected chi connectivity index (χ4v) is 1.99. The van der Waals surface area contributed by atoms with Crippen molar-refractivity contribution in [1.29, 1.82) is 0 Å². The second-order valence-electron chi connectivity index (χ2n) is 4.49. The normalized spacial score (nSPS) is 10.4. The summed E-state index contributed by atoms with van der Waals surface area (Å²) >= 11 is 0. The summed E-state index contributed by atoms with van der Waals surface area (Å²) in [6, 6.07) is 9.31. The maximum absolute atomic E-state index is 12.0. The maximum atomic E-state index is 12.0. The molecule has 0 aliphatic rings. The van der Waals surface area contributed by atoms with Crippen LogP contribution >= 0.6 is 0 Å². The molecule has 2 rings (SSSR count). The molecule has 1 aromatic heterocycles. The Morgan fingerprint density at radius 2 is 1.85 bits per heavy atom. The van der Waals surface area contributed by atoms with Gasteiger partial charge in [-0.25, -0.2) is 4.79 Å². The Labute approximate surface area is 114 Å². The summed E-state index contributed by atoms with van der Waals surface area (Å²) in [7, 11) is 1.34. The number of rotatable bonds is 4. The largest absolute Gasteiger partial charge is 0.480 e. The van der Waals surface area contributed by atoms with E-state index in [0.29, 0.717) is 12.0 Å². The minimum absolute atomic E-state index is 0.355. The third-order valence-corrected chi connectivity index (χ3v) is 2.97. The highest BCUT2D eigenvalue weighted by molar-refractivity contribution is 5.66. The van der Waals surface area contributed by atoms with Gasteiger partial charge in [-0.3, -0.25) is 18.7 Å². The van der Waals surface area contributed by atoms with Crippen molar-refractivity contribution >= 4 is 5.97 Å². The number of nitrogens with zero attached hydrogens (tertiary/aromatic N) is 2. The number of aromatic nitrogens is 2. The van der Waals surface area contributed by atoms with Gasteiger partial charge in [-0.05, 0) is 5.56 Å². The number of aliphatic carboxylic acids is 1. The van der Waals surface area contributed by atoms with E-state index < -0.39 is 23.8 Å². The summed E-state index contributed by atoms with van der Waals surface area (Å²) in [6.45, 7) is -0.464. The van der Waals surface area contributed by atoms with Crippen LogP contribution in [0.1, 0.15) is 11.1 Å². The minimum atomic E-state index is -1.13. The number of carboxylic acids is 1. The number of hydrogen-bond acceptors (Lipinski definition) is 3. The molecule has 0 unspecified atom stereocenters. The summed E-state index contributed by atoms with van der Waals surface area (Å²) in [4.78, 5) is 34.6. The van der Waals surface area contributed by atoms with Crippen LogP contribution in [0.3, 0.4) is 0 Å². The molecular formula is C14H14N2O4. The first kappa shape index (κ1) is 13.8. The molecule has 20 heavy (non-hydrogen) atoms. The van der Waals surface area contributed by atoms with Crippen LogP contribution in [0.4, 0.5) is 0 Å². The average molecular weight is 274 g/mol. The first-order chi connectivity index (χ1) is 9.49. The van der Waals surface area contributed by atoms with Crippen LogP contribution in [-0.2, 0) is 24.8 Å². The van der Waals surface area contributed by atoms with Crippen LogP contribution in [0.15, 0.2) is 46.1 Å². The molecule has 2 aromatic rings. The van der Waals surface area contributed by atoms with Gasteiger partial charge < -0.3 is 5.11 Å². The van der Waals surface area contributed by atoms with Gasteiger partial charge in [0, 0.05) is 25.2 Å². The van der Waals surface area contributed by atoms with Crippen LogP contribution in [0.5, 0.6) is 0 Å². The second kappa shape index (κ2) is 5.56. The fraction of sp³-hybridized carbons (Fsp3) is 0.214. The third kappa shape index (κ3) is 2.85. The minimum Gasteiger partial charge on any atom is -0.480 e. The number of carboxylic acid groups (broad SMARTS) is 1. The van der Waals surface area contributed by atoms with E-state index in [4.69, 9.17) is 5.11 Å². The highest BCUT2D eigenvalue weighted by Gasteiger charge is 2.11. The Kier molecular flexibility index (Phi) is 3.84. The van der Waals surface area contributed by atoms with Gasteiger partial charge in [-0.1, -0.05) is 30.3 Å². The van der Waals surface area contributed by atoms with E-state index in [2.05, 4.69) is 0 Å². The van der Waals surface area contributed by atoms with Crippen LogP contribution in [0, 0.1) is 0 Å². The Hall–Kier alpha value is -2.63. The lowest BCUT2D eigenvalue weighted by atomic mass is 10.1. The lowest BCUT2D eigenvalue weighted by Crippen LogP contribution is -2.40. The van der Waals surface area contributed by atoms with Gasteiger partial charge in [0.1, 0.15) is 6.54 Å². The van der Waals surface area contributed by atoms with E-state index in [1.54, 1.807) is 0 Å². The Balaban J connectivity index is 2.48. The van der Waals surface area contributed by atoms with Crippen LogP contribution in [-0.4, -0.2) is 20.2 Å². The average Bonchev–Trinajstić information content (AvgIpc) is 2.42. The van der Waals surface area contributed by atoms with Gasteiger partial charge in [0.05, 0.1) is 0 Å². The summed E-state index contributed by atoms with van der Waals surface area (Å²) < 4.78 is 1.96. The number of carbonyl (C=O) groups is 1. The smallest absolute Gasteiger partial charge is 0.331 e. The first-order valence-corrected chi connectivity index (χ1v) is 6.04. The molecule has 1 N–H and O–H groups in total. The highest BCUT2D eigenvalue weighted by Crippen LogP contribution is 2.04. The van der Waals surface area contributed by atoms with Crippen LogP contribution in [0.2, 0.25) is 0 Å². The second-order valence-corrected chi connectivity index (χ2v) is 4.49. The molecule has 0 amide bonds. The van der Waals surface area contributed by atoms with E-state index in [0.717, 1.165) is 14.7 Å². The standard InChI is InChI=1S/C14H14N2O4/c1-15-13(19)11(7-10-5-3-2-4-6-10)8-16(14(15)20)9-12(17)18/h2-6,8H,7,9H2,1H3,(H,17,18). The zero-order valence-corrected chi connectivity index (χ0v) is 10.9. The van der Waals surface area contributed by atoms with E-state index in [1.165, 1.54) is 13.2 Å². The van der Waals surface area contributed by atoms with Gasteiger partial charge >= 0.3 is 11.7 Å². The van der Waals surface area contributed by atoms with Crippen molar-refractivity contribution < 1.29 is 9.90 Å². The van der Waals surface area contributed by atoms with E-state index in [-0.39, 0.29) is 0 Å². The number of benzene rings is 1. The van der Waals surface area contributed by atoms with Gasteiger partial charge in [-0.15, -0.1) is 0 Å². The first-order valence-electron chi connectivity index (χ1n) is 6.04. The van der Waals surface area contributed by atoms with E-state index in [1.807, 2.05) is 30.3 Å². The van der Waals surface area contributed by atoms with Crippen molar-refractivity contribution in [3.8, 4) is 0 Å². The van der Waals surface area contributed by atoms with Gasteiger partial charge in [-0.2, -0.15) is 0 Å². The topological polar surface area (TPSA) is 81.3 Å². The molecule has 0 atom stereocenters. The molecular weight excluding hydrogens is 260 g/mol. The SMILES string of the molecule is Cn1c(=O)c(Cc2ccccc2)cn(CC(=O)O)c1=O. The van der Waals surface area contributed by atoms with Gasteiger partial charge in [0.25, 0.3) is 5.56 Å². The van der Waals surface area contributed by atoms with Crippen molar-refractivity contribution in [2.24, 2.45) is 7.05 Å². The Morgan fingerprint density at radius 1 is 1.20 bits per heavy atom. The third-order valence-electron chi connectivity index (χ3n) is 2.97. The van der Waals surface area contributed by atoms with E-state index in [9.17, 15) is 14.4 Å². The molecule has 0 spiro atoms. The molecule has 6 nitrogen and oxygen atoms in total. The Morgan fingerprint density at radius 3 is 2.45 bits per heavy atom. The van der Waals surface area contributed by atoms with Crippen molar-refractivity contribution in [3.05, 3.63) is 68.5 Å². The summed E-state index contributed by atoms with van der Waals surface area (Å²) in [5, 5.41) is 8.79. The molecule has 0 saturated carbocycles.